The molecule has 0 radical (unpaired) electrons. The zero-order chi connectivity index (χ0) is 15.7. The van der Waals surface area contributed by atoms with Gasteiger partial charge in [0.05, 0.1) is 15.7 Å². The predicted molar refractivity (Wildman–Crippen MR) is 74.7 cm³/mol. The van der Waals surface area contributed by atoms with Gasteiger partial charge >= 0.3 is 5.69 Å². The number of halogens is 4. The Morgan fingerprint density at radius 3 is 2.62 bits per heavy atom. The van der Waals surface area contributed by atoms with Crippen molar-refractivity contribution in [3.8, 4) is 11.4 Å². The van der Waals surface area contributed by atoms with Crippen LogP contribution in [0.25, 0.3) is 5.69 Å². The van der Waals surface area contributed by atoms with Gasteiger partial charge in [0.1, 0.15) is 5.75 Å². The van der Waals surface area contributed by atoms with Crippen molar-refractivity contribution in [2.45, 2.75) is 13.0 Å². The molecule has 0 aliphatic carbocycles. The summed E-state index contributed by atoms with van der Waals surface area (Å²) in [5.74, 6) is -1.06. The Kier molecular flexibility index (Phi) is 4.34. The van der Waals surface area contributed by atoms with Crippen LogP contribution in [-0.2, 0) is 6.54 Å². The Hall–Kier alpha value is -1.86. The van der Waals surface area contributed by atoms with Crippen LogP contribution in [0, 0.1) is 0 Å². The number of rotatable bonds is 4. The molecule has 0 amide bonds. The first kappa shape index (κ1) is 15.5. The van der Waals surface area contributed by atoms with Crippen LogP contribution in [-0.4, -0.2) is 19.5 Å². The lowest BCUT2D eigenvalue weighted by atomic mass is 10.3. The second-order valence-electron chi connectivity index (χ2n) is 4.01. The third-order valence-corrected chi connectivity index (χ3v) is 3.25. The fraction of sp³-hybridized carbons (Fsp3) is 0.167. The molecule has 1 aromatic carbocycles. The molecule has 2 aromatic rings. The highest BCUT2D eigenvalue weighted by atomic mass is 35.5. The van der Waals surface area contributed by atoms with Gasteiger partial charge in [0.25, 0.3) is 6.43 Å². The molecule has 9 heteroatoms. The van der Waals surface area contributed by atoms with E-state index in [1.807, 2.05) is 0 Å². The van der Waals surface area contributed by atoms with Gasteiger partial charge in [-0.05, 0) is 6.07 Å². The molecule has 112 valence electrons. The summed E-state index contributed by atoms with van der Waals surface area (Å²) >= 11 is 11.6. The largest absolute Gasteiger partial charge is 0.506 e. The summed E-state index contributed by atoms with van der Waals surface area (Å²) in [4.78, 5) is 12.1. The SMILES string of the molecule is C=CCn1c(C(F)F)nn(-c2cc(O)c(Cl)cc2Cl)c1=O. The number of alkyl halides is 2. The molecular weight excluding hydrogens is 327 g/mol. The van der Waals surface area contributed by atoms with Crippen LogP contribution >= 0.6 is 23.2 Å². The van der Waals surface area contributed by atoms with Gasteiger partial charge in [-0.1, -0.05) is 29.3 Å². The minimum atomic E-state index is -2.95. The molecule has 0 saturated heterocycles. The van der Waals surface area contributed by atoms with Crippen LogP contribution in [0.15, 0.2) is 29.6 Å². The highest BCUT2D eigenvalue weighted by Crippen LogP contribution is 2.31. The molecule has 0 unspecified atom stereocenters. The number of phenols is 1. The van der Waals surface area contributed by atoms with Gasteiger partial charge in [-0.2, -0.15) is 4.68 Å². The molecule has 1 heterocycles. The maximum absolute atomic E-state index is 12.9. The minimum Gasteiger partial charge on any atom is -0.506 e. The van der Waals surface area contributed by atoms with Gasteiger partial charge in [0, 0.05) is 12.6 Å². The first-order chi connectivity index (χ1) is 9.86. The Bertz CT molecular complexity index is 756. The average molecular weight is 336 g/mol. The summed E-state index contributed by atoms with van der Waals surface area (Å²) in [6.45, 7) is 3.27. The van der Waals surface area contributed by atoms with Gasteiger partial charge < -0.3 is 5.11 Å². The molecule has 2 rings (SSSR count). The van der Waals surface area contributed by atoms with E-state index in [0.29, 0.717) is 4.68 Å². The summed E-state index contributed by atoms with van der Waals surface area (Å²) in [6.07, 6.45) is -1.65. The third-order valence-electron chi connectivity index (χ3n) is 2.64. The highest BCUT2D eigenvalue weighted by Gasteiger charge is 2.22. The standard InChI is InChI=1S/C12H9Cl2F2N3O2/c1-2-3-18-11(10(15)16)17-19(12(18)21)8-5-9(20)7(14)4-6(8)13/h2,4-5,10,20H,1,3H2. The van der Waals surface area contributed by atoms with Crippen molar-refractivity contribution >= 4 is 23.2 Å². The van der Waals surface area contributed by atoms with Crippen LogP contribution in [0.1, 0.15) is 12.2 Å². The fourth-order valence-corrected chi connectivity index (χ4v) is 2.18. The average Bonchev–Trinajstić information content (AvgIpc) is 2.73. The summed E-state index contributed by atoms with van der Waals surface area (Å²) < 4.78 is 27.3. The molecule has 0 saturated carbocycles. The van der Waals surface area contributed by atoms with Crippen LogP contribution in [0.5, 0.6) is 5.75 Å². The molecule has 5 nitrogen and oxygen atoms in total. The Morgan fingerprint density at radius 1 is 1.38 bits per heavy atom. The van der Waals surface area contributed by atoms with E-state index in [1.165, 1.54) is 12.1 Å². The summed E-state index contributed by atoms with van der Waals surface area (Å²) in [5, 5.41) is 13.1. The maximum atomic E-state index is 12.9. The van der Waals surface area contributed by atoms with E-state index in [2.05, 4.69) is 11.7 Å². The molecule has 21 heavy (non-hydrogen) atoms. The number of allylic oxidation sites excluding steroid dienone is 1. The van der Waals surface area contributed by atoms with E-state index in [0.717, 1.165) is 10.6 Å². The topological polar surface area (TPSA) is 60.1 Å². The van der Waals surface area contributed by atoms with Gasteiger partial charge in [-0.15, -0.1) is 11.7 Å². The van der Waals surface area contributed by atoms with Crippen LogP contribution < -0.4 is 5.69 Å². The highest BCUT2D eigenvalue weighted by molar-refractivity contribution is 6.36. The molecule has 0 spiro atoms. The number of phenolic OH excluding ortho intramolecular Hbond substituents is 1. The second kappa shape index (κ2) is 5.87. The Labute approximate surface area is 127 Å². The maximum Gasteiger partial charge on any atom is 0.351 e. The van der Waals surface area contributed by atoms with Crippen molar-refractivity contribution in [2.24, 2.45) is 0 Å². The van der Waals surface area contributed by atoms with Crippen LogP contribution in [0.2, 0.25) is 10.0 Å². The number of nitrogens with zero attached hydrogens (tertiary/aromatic N) is 3. The Morgan fingerprint density at radius 2 is 2.05 bits per heavy atom. The zero-order valence-corrected chi connectivity index (χ0v) is 11.9. The minimum absolute atomic E-state index is 0.0102. The lowest BCUT2D eigenvalue weighted by molar-refractivity contribution is 0.135. The molecule has 1 aromatic heterocycles. The van der Waals surface area contributed by atoms with Gasteiger partial charge in [-0.3, -0.25) is 4.57 Å². The lowest BCUT2D eigenvalue weighted by Crippen LogP contribution is -2.24. The number of hydrogen-bond acceptors (Lipinski definition) is 3. The third kappa shape index (κ3) is 2.79. The van der Waals surface area contributed by atoms with Crippen molar-refractivity contribution in [3.63, 3.8) is 0 Å². The molecule has 1 N–H and O–H groups in total. The van der Waals surface area contributed by atoms with Crippen molar-refractivity contribution in [2.75, 3.05) is 0 Å². The smallest absolute Gasteiger partial charge is 0.351 e. The van der Waals surface area contributed by atoms with E-state index in [4.69, 9.17) is 23.2 Å². The first-order valence-corrected chi connectivity index (χ1v) is 6.39. The van der Waals surface area contributed by atoms with E-state index in [1.54, 1.807) is 0 Å². The second-order valence-corrected chi connectivity index (χ2v) is 4.82. The van der Waals surface area contributed by atoms with Gasteiger partial charge in [0.2, 0.25) is 5.82 Å². The predicted octanol–water partition coefficient (Wildman–Crippen LogP) is 3.17. The lowest BCUT2D eigenvalue weighted by Gasteiger charge is -2.05. The van der Waals surface area contributed by atoms with Crippen molar-refractivity contribution < 1.29 is 13.9 Å². The van der Waals surface area contributed by atoms with E-state index in [9.17, 15) is 18.7 Å². The van der Waals surface area contributed by atoms with E-state index in [-0.39, 0.29) is 28.0 Å². The molecule has 0 bridgehead atoms. The normalized spacial score (nSPS) is 11.1. The first-order valence-electron chi connectivity index (χ1n) is 5.64. The fourth-order valence-electron chi connectivity index (χ4n) is 1.72. The van der Waals surface area contributed by atoms with Crippen LogP contribution in [0.4, 0.5) is 8.78 Å². The molecule has 0 atom stereocenters. The molecular formula is C12H9Cl2F2N3O2. The van der Waals surface area contributed by atoms with E-state index >= 15 is 0 Å². The number of benzene rings is 1. The van der Waals surface area contributed by atoms with Crippen LogP contribution in [0.3, 0.4) is 0 Å². The summed E-state index contributed by atoms with van der Waals surface area (Å²) in [5.41, 5.74) is -0.873. The summed E-state index contributed by atoms with van der Waals surface area (Å²) in [6, 6.07) is 2.27. The summed E-state index contributed by atoms with van der Waals surface area (Å²) in [7, 11) is 0. The monoisotopic (exact) mass is 335 g/mol. The number of hydrogen-bond donors (Lipinski definition) is 1. The van der Waals surface area contributed by atoms with E-state index < -0.39 is 17.9 Å². The van der Waals surface area contributed by atoms with Crippen molar-refractivity contribution in [1.29, 1.82) is 0 Å². The molecule has 0 aliphatic rings. The van der Waals surface area contributed by atoms with Crippen molar-refractivity contribution in [3.05, 3.63) is 51.1 Å². The Balaban J connectivity index is 2.71. The quantitative estimate of drug-likeness (QED) is 0.873. The van der Waals surface area contributed by atoms with Gasteiger partial charge in [0.15, 0.2) is 0 Å². The number of aromatic nitrogens is 3. The molecule has 0 aliphatic heterocycles. The zero-order valence-electron chi connectivity index (χ0n) is 10.4. The molecule has 0 fully saturated rings. The number of aromatic hydroxyl groups is 1. The van der Waals surface area contributed by atoms with Gasteiger partial charge in [-0.25, -0.2) is 13.6 Å². The van der Waals surface area contributed by atoms with Crippen molar-refractivity contribution in [1.82, 2.24) is 14.3 Å².